The van der Waals surface area contributed by atoms with Crippen molar-refractivity contribution in [3.05, 3.63) is 53.1 Å². The van der Waals surface area contributed by atoms with E-state index in [1.54, 1.807) is 12.1 Å². The van der Waals surface area contributed by atoms with Crippen LogP contribution in [0.25, 0.3) is 0 Å². The Bertz CT molecular complexity index is 1070. The van der Waals surface area contributed by atoms with Gasteiger partial charge >= 0.3 is 0 Å². The highest BCUT2D eigenvalue weighted by Crippen LogP contribution is 2.31. The zero-order valence-corrected chi connectivity index (χ0v) is 21.2. The maximum Gasteiger partial charge on any atom is 0.255 e. The highest BCUT2D eigenvalue weighted by atomic mass is 32.2. The number of hydrogen-bond acceptors (Lipinski definition) is 5. The first-order valence-electron chi connectivity index (χ1n) is 11.7. The minimum Gasteiger partial charge on any atom is -0.367 e. The molecule has 1 heterocycles. The molecule has 0 bridgehead atoms. The minimum atomic E-state index is -3.64. The molecular formula is C25H36N4O3S. The summed E-state index contributed by atoms with van der Waals surface area (Å²) < 4.78 is 27.7. The van der Waals surface area contributed by atoms with Gasteiger partial charge in [0.2, 0.25) is 10.0 Å². The second-order valence-electron chi connectivity index (χ2n) is 8.52. The van der Waals surface area contributed by atoms with Crippen LogP contribution in [0.2, 0.25) is 0 Å². The number of sulfonamides is 1. The van der Waals surface area contributed by atoms with Crippen molar-refractivity contribution in [1.82, 2.24) is 9.21 Å². The average molecular weight is 473 g/mol. The summed E-state index contributed by atoms with van der Waals surface area (Å²) in [5, 5.41) is 3.01. The Morgan fingerprint density at radius 1 is 0.939 bits per heavy atom. The fourth-order valence-corrected chi connectivity index (χ4v) is 5.85. The predicted octanol–water partition coefficient (Wildman–Crippen LogP) is 3.73. The number of carbonyl (C=O) groups is 1. The van der Waals surface area contributed by atoms with E-state index in [1.807, 2.05) is 52.0 Å². The molecule has 1 N–H and O–H groups in total. The number of anilines is 2. The van der Waals surface area contributed by atoms with Crippen LogP contribution in [0.3, 0.4) is 0 Å². The number of piperazine rings is 1. The van der Waals surface area contributed by atoms with Gasteiger partial charge in [0.25, 0.3) is 5.91 Å². The van der Waals surface area contributed by atoms with Crippen LogP contribution in [0.1, 0.15) is 42.3 Å². The van der Waals surface area contributed by atoms with Crippen LogP contribution < -0.4 is 10.2 Å². The number of likely N-dealkylation sites (N-methyl/N-ethyl adjacent to an activating group) is 1. The second-order valence-corrected chi connectivity index (χ2v) is 10.5. The van der Waals surface area contributed by atoms with Gasteiger partial charge in [-0.3, -0.25) is 4.79 Å². The Balaban J connectivity index is 2.00. The highest BCUT2D eigenvalue weighted by Gasteiger charge is 2.25. The summed E-state index contributed by atoms with van der Waals surface area (Å²) in [6, 6.07) is 10.8. The van der Waals surface area contributed by atoms with Crippen LogP contribution in [0.4, 0.5) is 11.4 Å². The number of benzene rings is 2. The van der Waals surface area contributed by atoms with Gasteiger partial charge in [-0.15, -0.1) is 0 Å². The van der Waals surface area contributed by atoms with Gasteiger partial charge in [-0.25, -0.2) is 8.42 Å². The lowest BCUT2D eigenvalue weighted by atomic mass is 10.1. The summed E-state index contributed by atoms with van der Waals surface area (Å²) in [4.78, 5) is 18.0. The zero-order chi connectivity index (χ0) is 24.2. The molecule has 1 aliphatic rings. The summed E-state index contributed by atoms with van der Waals surface area (Å²) in [5.74, 6) is -0.243. The molecule has 0 unspecified atom stereocenters. The van der Waals surface area contributed by atoms with Gasteiger partial charge in [-0.1, -0.05) is 38.0 Å². The van der Waals surface area contributed by atoms with E-state index in [1.165, 1.54) is 4.31 Å². The molecule has 1 saturated heterocycles. The number of hydrogen-bond donors (Lipinski definition) is 1. The fourth-order valence-electron chi connectivity index (χ4n) is 4.37. The van der Waals surface area contributed by atoms with Crippen LogP contribution in [-0.4, -0.2) is 69.3 Å². The molecule has 0 saturated carbocycles. The molecule has 180 valence electrons. The summed E-state index contributed by atoms with van der Waals surface area (Å²) >= 11 is 0. The van der Waals surface area contributed by atoms with E-state index in [0.29, 0.717) is 24.3 Å². The van der Waals surface area contributed by atoms with Gasteiger partial charge < -0.3 is 15.1 Å². The number of carbonyl (C=O) groups excluding carboxylic acids is 1. The van der Waals surface area contributed by atoms with E-state index < -0.39 is 10.0 Å². The van der Waals surface area contributed by atoms with Crippen molar-refractivity contribution >= 4 is 27.3 Å². The van der Waals surface area contributed by atoms with Crippen molar-refractivity contribution in [2.45, 2.75) is 39.5 Å². The van der Waals surface area contributed by atoms with Crippen LogP contribution in [0.15, 0.2) is 41.3 Å². The van der Waals surface area contributed by atoms with Crippen molar-refractivity contribution in [2.75, 3.05) is 56.0 Å². The molecule has 2 aromatic rings. The third-order valence-electron chi connectivity index (χ3n) is 6.20. The Kier molecular flexibility index (Phi) is 8.15. The molecule has 0 aliphatic carbocycles. The first kappa shape index (κ1) is 25.2. The standard InChI is InChI=1S/C25H36N4O3S/c1-6-27-11-13-28(14-12-27)24-10-9-22(33(31,32)29(7-2)8-3)18-23(24)26-25(30)21-16-19(4)15-20(5)17-21/h9-10,15-18H,6-8,11-14H2,1-5H3,(H,26,30). The van der Waals surface area contributed by atoms with Gasteiger partial charge in [-0.2, -0.15) is 4.31 Å². The Morgan fingerprint density at radius 3 is 2.09 bits per heavy atom. The molecule has 1 aliphatic heterocycles. The maximum atomic E-state index is 13.2. The lowest BCUT2D eigenvalue weighted by molar-refractivity contribution is 0.102. The van der Waals surface area contributed by atoms with E-state index in [4.69, 9.17) is 0 Å². The average Bonchev–Trinajstić information content (AvgIpc) is 2.79. The smallest absolute Gasteiger partial charge is 0.255 e. The van der Waals surface area contributed by atoms with Gasteiger partial charge in [0.05, 0.1) is 16.3 Å². The normalized spacial score (nSPS) is 15.2. The van der Waals surface area contributed by atoms with E-state index >= 15 is 0 Å². The summed E-state index contributed by atoms with van der Waals surface area (Å²) in [5.41, 5.74) is 3.95. The van der Waals surface area contributed by atoms with Crippen molar-refractivity contribution < 1.29 is 13.2 Å². The molecule has 0 atom stereocenters. The molecule has 8 heteroatoms. The third kappa shape index (κ3) is 5.75. The number of aryl methyl sites for hydroxylation is 2. The molecule has 0 aromatic heterocycles. The lowest BCUT2D eigenvalue weighted by Crippen LogP contribution is -2.46. The van der Waals surface area contributed by atoms with Crippen LogP contribution in [0.5, 0.6) is 0 Å². The minimum absolute atomic E-state index is 0.192. The first-order valence-corrected chi connectivity index (χ1v) is 13.1. The summed E-state index contributed by atoms with van der Waals surface area (Å²) in [6.07, 6.45) is 0. The molecule has 7 nitrogen and oxygen atoms in total. The number of amides is 1. The van der Waals surface area contributed by atoms with Crippen LogP contribution >= 0.6 is 0 Å². The van der Waals surface area contributed by atoms with Crippen LogP contribution in [-0.2, 0) is 10.0 Å². The Hall–Kier alpha value is -2.42. The number of rotatable bonds is 8. The maximum absolute atomic E-state index is 13.2. The number of nitrogens with zero attached hydrogens (tertiary/aromatic N) is 3. The first-order chi connectivity index (χ1) is 15.7. The Labute approximate surface area is 198 Å². The van der Waals surface area contributed by atoms with Gasteiger partial charge in [-0.05, 0) is 50.7 Å². The molecule has 1 fully saturated rings. The van der Waals surface area contributed by atoms with Crippen molar-refractivity contribution in [1.29, 1.82) is 0 Å². The predicted molar refractivity (Wildman–Crippen MR) is 135 cm³/mol. The number of nitrogens with one attached hydrogen (secondary N) is 1. The fraction of sp³-hybridized carbons (Fsp3) is 0.480. The van der Waals surface area contributed by atoms with Crippen molar-refractivity contribution in [2.24, 2.45) is 0 Å². The zero-order valence-electron chi connectivity index (χ0n) is 20.4. The van der Waals surface area contributed by atoms with Crippen molar-refractivity contribution in [3.8, 4) is 0 Å². The third-order valence-corrected chi connectivity index (χ3v) is 8.25. The molecule has 3 rings (SSSR count). The van der Waals surface area contributed by atoms with Gasteiger partial charge in [0.15, 0.2) is 0 Å². The van der Waals surface area contributed by atoms with E-state index in [0.717, 1.165) is 49.5 Å². The lowest BCUT2D eigenvalue weighted by Gasteiger charge is -2.36. The van der Waals surface area contributed by atoms with Gasteiger partial charge in [0, 0.05) is 44.8 Å². The SMILES string of the molecule is CCN1CCN(c2ccc(S(=O)(=O)N(CC)CC)cc2NC(=O)c2cc(C)cc(C)c2)CC1. The summed E-state index contributed by atoms with van der Waals surface area (Å²) in [7, 11) is -3.64. The van der Waals surface area contributed by atoms with Crippen LogP contribution in [0, 0.1) is 13.8 Å². The molecule has 0 spiro atoms. The molecule has 0 radical (unpaired) electrons. The largest absolute Gasteiger partial charge is 0.367 e. The monoisotopic (exact) mass is 472 g/mol. The summed E-state index contributed by atoms with van der Waals surface area (Å²) in [6.45, 7) is 15.0. The van der Waals surface area contributed by atoms with E-state index in [-0.39, 0.29) is 10.8 Å². The highest BCUT2D eigenvalue weighted by molar-refractivity contribution is 7.89. The van der Waals surface area contributed by atoms with E-state index in [2.05, 4.69) is 22.0 Å². The molecule has 1 amide bonds. The molecule has 2 aromatic carbocycles. The molecule has 33 heavy (non-hydrogen) atoms. The van der Waals surface area contributed by atoms with Crippen molar-refractivity contribution in [3.63, 3.8) is 0 Å². The topological polar surface area (TPSA) is 73.0 Å². The van der Waals surface area contributed by atoms with E-state index in [9.17, 15) is 13.2 Å². The second kappa shape index (κ2) is 10.7. The quantitative estimate of drug-likeness (QED) is 0.634. The Morgan fingerprint density at radius 2 is 1.55 bits per heavy atom. The van der Waals surface area contributed by atoms with Gasteiger partial charge in [0.1, 0.15) is 0 Å². The molecular weight excluding hydrogens is 436 g/mol.